The summed E-state index contributed by atoms with van der Waals surface area (Å²) in [6, 6.07) is 17.3. The summed E-state index contributed by atoms with van der Waals surface area (Å²) in [4.78, 5) is 39.1. The van der Waals surface area contributed by atoms with Crippen molar-refractivity contribution in [3.8, 4) is 6.07 Å². The molecule has 0 heterocycles. The molecule has 0 radical (unpaired) electrons. The molecule has 1 atom stereocenters. The molecule has 0 aromatic heterocycles. The highest BCUT2D eigenvalue weighted by molar-refractivity contribution is 6.12. The molecule has 7 heteroatoms. The lowest BCUT2D eigenvalue weighted by molar-refractivity contribution is -0.125. The molecule has 2 amide bonds. The number of amides is 2. The van der Waals surface area contributed by atoms with Crippen molar-refractivity contribution in [2.24, 2.45) is 5.92 Å². The van der Waals surface area contributed by atoms with Gasteiger partial charge in [-0.3, -0.25) is 9.59 Å². The Morgan fingerprint density at radius 2 is 1.63 bits per heavy atom. The Bertz CT molecular complexity index is 966. The number of para-hydroxylation sites is 1. The van der Waals surface area contributed by atoms with Crippen molar-refractivity contribution in [2.45, 2.75) is 26.3 Å². The summed E-state index contributed by atoms with van der Waals surface area (Å²) in [5.41, 5.74) is -0.173. The van der Waals surface area contributed by atoms with Crippen LogP contribution in [0.25, 0.3) is 0 Å². The van der Waals surface area contributed by atoms with E-state index in [1.807, 2.05) is 18.2 Å². The zero-order chi connectivity index (χ0) is 22.3. The number of hydrogen-bond donors (Lipinski definition) is 1. The predicted octanol–water partition coefficient (Wildman–Crippen LogP) is 3.17. The van der Waals surface area contributed by atoms with Crippen LogP contribution in [0.3, 0.4) is 0 Å². The molecule has 0 spiro atoms. The monoisotopic (exact) mass is 407 g/mol. The van der Waals surface area contributed by atoms with Crippen LogP contribution in [0.2, 0.25) is 0 Å². The van der Waals surface area contributed by atoms with Crippen LogP contribution in [0.1, 0.15) is 41.5 Å². The highest BCUT2D eigenvalue weighted by Crippen LogP contribution is 2.18. The van der Waals surface area contributed by atoms with Crippen LogP contribution in [-0.2, 0) is 9.53 Å². The van der Waals surface area contributed by atoms with Crippen LogP contribution in [0.4, 0.5) is 5.69 Å². The second-order valence-corrected chi connectivity index (χ2v) is 7.34. The Morgan fingerprint density at radius 1 is 1.07 bits per heavy atom. The Kier molecular flexibility index (Phi) is 7.32. The Balaban J connectivity index is 2.12. The van der Waals surface area contributed by atoms with Crippen LogP contribution >= 0.6 is 0 Å². The number of nitrogens with one attached hydrogen (secondary N) is 1. The maximum atomic E-state index is 12.9. The molecule has 1 N–H and O–H groups in total. The van der Waals surface area contributed by atoms with Gasteiger partial charge in [-0.25, -0.2) is 4.79 Å². The summed E-state index contributed by atoms with van der Waals surface area (Å²) in [5.74, 6) is -1.89. The number of anilines is 1. The van der Waals surface area contributed by atoms with Crippen molar-refractivity contribution in [1.29, 1.82) is 5.26 Å². The fraction of sp³-hybridized carbons (Fsp3) is 0.304. The molecule has 0 aliphatic carbocycles. The van der Waals surface area contributed by atoms with Gasteiger partial charge in [-0.1, -0.05) is 44.2 Å². The summed E-state index contributed by atoms with van der Waals surface area (Å²) >= 11 is 0. The number of rotatable bonds is 7. The Labute approximate surface area is 176 Å². The van der Waals surface area contributed by atoms with Crippen LogP contribution in [0.15, 0.2) is 54.6 Å². The number of ether oxygens (including phenoxy) is 1. The molecule has 0 fully saturated rings. The average Bonchev–Trinajstić information content (AvgIpc) is 2.76. The number of esters is 1. The van der Waals surface area contributed by atoms with E-state index in [1.165, 1.54) is 17.0 Å². The summed E-state index contributed by atoms with van der Waals surface area (Å²) in [5, 5.41) is 11.9. The summed E-state index contributed by atoms with van der Waals surface area (Å²) in [6.45, 7) is 4.66. The zero-order valence-corrected chi connectivity index (χ0v) is 17.5. The van der Waals surface area contributed by atoms with Gasteiger partial charge in [0.25, 0.3) is 11.8 Å². The number of nitrogens with zero attached hydrogens (tertiary/aromatic N) is 2. The molecule has 0 saturated carbocycles. The molecule has 0 aliphatic rings. The minimum atomic E-state index is -1.07. The van der Waals surface area contributed by atoms with E-state index in [-0.39, 0.29) is 23.0 Å². The van der Waals surface area contributed by atoms with Crippen molar-refractivity contribution >= 4 is 23.5 Å². The molecule has 156 valence electrons. The maximum absolute atomic E-state index is 12.9. The van der Waals surface area contributed by atoms with Gasteiger partial charge in [-0.05, 0) is 37.1 Å². The largest absolute Gasteiger partial charge is 0.452 e. The van der Waals surface area contributed by atoms with E-state index in [2.05, 4.69) is 11.4 Å². The normalized spacial score (nSPS) is 12.4. The van der Waals surface area contributed by atoms with Gasteiger partial charge in [0.1, 0.15) is 5.54 Å². The predicted molar refractivity (Wildman–Crippen MR) is 113 cm³/mol. The summed E-state index contributed by atoms with van der Waals surface area (Å²) in [6.07, 6.45) is 0. The van der Waals surface area contributed by atoms with E-state index in [0.717, 1.165) is 0 Å². The second kappa shape index (κ2) is 9.70. The molecular formula is C23H25N3O4. The summed E-state index contributed by atoms with van der Waals surface area (Å²) < 4.78 is 5.11. The smallest absolute Gasteiger partial charge is 0.339 e. The van der Waals surface area contributed by atoms with Gasteiger partial charge in [-0.2, -0.15) is 5.26 Å². The average molecular weight is 407 g/mol. The molecule has 7 nitrogen and oxygen atoms in total. The number of carbonyl (C=O) groups excluding carboxylic acids is 3. The first-order chi connectivity index (χ1) is 14.2. The molecule has 0 saturated heterocycles. The van der Waals surface area contributed by atoms with Crippen LogP contribution in [-0.4, -0.2) is 37.0 Å². The van der Waals surface area contributed by atoms with Crippen LogP contribution in [0.5, 0.6) is 0 Å². The van der Waals surface area contributed by atoms with Gasteiger partial charge in [-0.15, -0.1) is 0 Å². The SMILES string of the molecule is CC(C)[C@](C)(C#N)NC(=O)COC(=O)c1ccccc1C(=O)N(C)c1ccccc1. The lowest BCUT2D eigenvalue weighted by Crippen LogP contribution is -2.50. The topological polar surface area (TPSA) is 99.5 Å². The Hall–Kier alpha value is -3.66. The molecular weight excluding hydrogens is 382 g/mol. The first-order valence-electron chi connectivity index (χ1n) is 9.51. The van der Waals surface area contributed by atoms with Gasteiger partial charge in [0, 0.05) is 12.7 Å². The van der Waals surface area contributed by atoms with Crippen molar-refractivity contribution in [3.05, 3.63) is 65.7 Å². The summed E-state index contributed by atoms with van der Waals surface area (Å²) in [7, 11) is 1.61. The third-order valence-corrected chi connectivity index (χ3v) is 4.95. The number of nitriles is 1. The zero-order valence-electron chi connectivity index (χ0n) is 17.5. The van der Waals surface area contributed by atoms with E-state index in [9.17, 15) is 19.6 Å². The molecule has 2 aromatic carbocycles. The van der Waals surface area contributed by atoms with Gasteiger partial charge in [0.2, 0.25) is 0 Å². The van der Waals surface area contributed by atoms with Crippen LogP contribution in [0, 0.1) is 17.2 Å². The lowest BCUT2D eigenvalue weighted by Gasteiger charge is -2.27. The minimum absolute atomic E-state index is 0.0602. The number of benzene rings is 2. The van der Waals surface area contributed by atoms with Gasteiger partial charge in [0.15, 0.2) is 6.61 Å². The molecule has 0 aliphatic heterocycles. The van der Waals surface area contributed by atoms with Gasteiger partial charge < -0.3 is 15.0 Å². The fourth-order valence-corrected chi connectivity index (χ4v) is 2.63. The molecule has 30 heavy (non-hydrogen) atoms. The third-order valence-electron chi connectivity index (χ3n) is 4.95. The quantitative estimate of drug-likeness (QED) is 0.711. The van der Waals surface area contributed by atoms with E-state index in [1.54, 1.807) is 52.1 Å². The van der Waals surface area contributed by atoms with E-state index in [0.29, 0.717) is 5.69 Å². The maximum Gasteiger partial charge on any atom is 0.339 e. The molecule has 2 rings (SSSR count). The highest BCUT2D eigenvalue weighted by Gasteiger charge is 2.30. The third kappa shape index (κ3) is 5.23. The standard InChI is InChI=1S/C23H25N3O4/c1-16(2)23(3,15-24)25-20(27)14-30-22(29)19-13-9-8-12-18(19)21(28)26(4)17-10-6-5-7-11-17/h5-13,16H,14H2,1-4H3,(H,25,27)/t23-/m0/s1. The number of carbonyl (C=O) groups is 3. The number of hydrogen-bond acceptors (Lipinski definition) is 5. The van der Waals surface area contributed by atoms with Crippen molar-refractivity contribution in [2.75, 3.05) is 18.6 Å². The van der Waals surface area contributed by atoms with Gasteiger partial charge >= 0.3 is 5.97 Å². The van der Waals surface area contributed by atoms with Crippen molar-refractivity contribution < 1.29 is 19.1 Å². The van der Waals surface area contributed by atoms with Crippen LogP contribution < -0.4 is 10.2 Å². The first kappa shape index (κ1) is 22.6. The van der Waals surface area contributed by atoms with Crippen molar-refractivity contribution in [3.63, 3.8) is 0 Å². The Morgan fingerprint density at radius 3 is 2.20 bits per heavy atom. The second-order valence-electron chi connectivity index (χ2n) is 7.34. The fourth-order valence-electron chi connectivity index (χ4n) is 2.63. The van der Waals surface area contributed by atoms with Gasteiger partial charge in [0.05, 0.1) is 17.2 Å². The minimum Gasteiger partial charge on any atom is -0.452 e. The van der Waals surface area contributed by atoms with Crippen molar-refractivity contribution in [1.82, 2.24) is 5.32 Å². The highest BCUT2D eigenvalue weighted by atomic mass is 16.5. The van der Waals surface area contributed by atoms with E-state index < -0.39 is 24.0 Å². The molecule has 0 unspecified atom stereocenters. The molecule has 2 aromatic rings. The molecule has 0 bridgehead atoms. The first-order valence-corrected chi connectivity index (χ1v) is 9.51. The lowest BCUT2D eigenvalue weighted by atomic mass is 9.90. The van der Waals surface area contributed by atoms with E-state index >= 15 is 0 Å². The van der Waals surface area contributed by atoms with E-state index in [4.69, 9.17) is 4.74 Å².